The predicted molar refractivity (Wildman–Crippen MR) is 147 cm³/mol. The number of aliphatic hydroxyl groups is 1. The van der Waals surface area contributed by atoms with Crippen LogP contribution in [0, 0.1) is 39.4 Å². The van der Waals surface area contributed by atoms with E-state index in [1.54, 1.807) is 0 Å². The molecule has 0 bridgehead atoms. The average Bonchev–Trinajstić information content (AvgIpc) is 3.35. The number of ether oxygens (including phenoxy) is 2. The quantitative estimate of drug-likeness (QED) is 0.129. The molecule has 211 valence electrons. The number of halogens is 1. The van der Waals surface area contributed by atoms with Gasteiger partial charge in [-0.15, -0.1) is 0 Å². The van der Waals surface area contributed by atoms with E-state index in [4.69, 9.17) is 48.3 Å². The van der Waals surface area contributed by atoms with E-state index in [9.17, 15) is 0 Å². The van der Waals surface area contributed by atoms with E-state index in [0.717, 1.165) is 41.7 Å². The zero-order chi connectivity index (χ0) is 26.5. The van der Waals surface area contributed by atoms with Gasteiger partial charge >= 0.3 is 77.5 Å². The first-order chi connectivity index (χ1) is 16.9. The van der Waals surface area contributed by atoms with Crippen molar-refractivity contribution in [1.82, 2.24) is 5.32 Å². The molecule has 0 aliphatic carbocycles. The summed E-state index contributed by atoms with van der Waals surface area (Å²) in [5, 5.41) is 10.4. The second-order valence-corrected chi connectivity index (χ2v) is 7.52. The zero-order valence-electron chi connectivity index (χ0n) is 21.7. The van der Waals surface area contributed by atoms with Gasteiger partial charge in [0.25, 0.3) is 0 Å². The van der Waals surface area contributed by atoms with Gasteiger partial charge in [0.2, 0.25) is 0 Å². The molecular formula is C26H34ClCsEsN2O6P-3. The topological polar surface area (TPSA) is 126 Å². The van der Waals surface area contributed by atoms with Crippen molar-refractivity contribution < 1.29 is 97.8 Å². The van der Waals surface area contributed by atoms with Crippen LogP contribution in [0.4, 0.5) is 0 Å². The van der Waals surface area contributed by atoms with Crippen LogP contribution in [0.25, 0.3) is 11.1 Å². The maximum atomic E-state index is 7.76. The Labute approximate surface area is 286 Å². The number of nitrogens with one attached hydrogen (secondary N) is 1. The van der Waals surface area contributed by atoms with Gasteiger partial charge < -0.3 is 53.9 Å². The first-order valence-electron chi connectivity index (χ1n) is 10.1. The van der Waals surface area contributed by atoms with Crippen LogP contribution in [0.2, 0.25) is 5.02 Å². The Morgan fingerprint density at radius 2 is 1.89 bits per heavy atom. The molecule has 3 rings (SSSR count). The Morgan fingerprint density at radius 1 is 1.32 bits per heavy atom. The van der Waals surface area contributed by atoms with Crippen molar-refractivity contribution >= 4 is 20.2 Å². The Bertz CT molecular complexity index is 924. The van der Waals surface area contributed by atoms with E-state index in [2.05, 4.69) is 35.2 Å². The van der Waals surface area contributed by atoms with E-state index in [0.29, 0.717) is 11.6 Å². The van der Waals surface area contributed by atoms with Crippen molar-refractivity contribution in [3.05, 3.63) is 99.7 Å². The van der Waals surface area contributed by atoms with Crippen LogP contribution in [0.3, 0.4) is 0 Å². The summed E-state index contributed by atoms with van der Waals surface area (Å²) < 4.78 is 15.1. The zero-order valence-corrected chi connectivity index (χ0v) is 32.2. The Hall–Kier alpha value is -1.68. The van der Waals surface area contributed by atoms with Crippen molar-refractivity contribution in [2.45, 2.75) is 12.5 Å². The molecule has 0 spiro atoms. The SMILES string of the molecule is C=CO.COP(O)O.[CH-]=CN[CH-]N.[CH2-]C#Cc1ccc(-c2ccc(OC3CCOC3)cc2Cl)cc1.[CH3-].[Cs+].[Es]. The molecule has 1 radical (unpaired) electrons. The molecule has 0 amide bonds. The van der Waals surface area contributed by atoms with E-state index < -0.39 is 8.60 Å². The van der Waals surface area contributed by atoms with E-state index in [1.807, 2.05) is 42.5 Å². The Morgan fingerprint density at radius 3 is 2.26 bits per heavy atom. The van der Waals surface area contributed by atoms with Crippen LogP contribution in [-0.4, -0.2) is 41.3 Å². The first kappa shape index (κ1) is 43.4. The van der Waals surface area contributed by atoms with Crippen molar-refractivity contribution in [1.29, 1.82) is 0 Å². The van der Waals surface area contributed by atoms with Crippen LogP contribution in [-0.2, 0) is 9.26 Å². The van der Waals surface area contributed by atoms with E-state index in [-0.39, 0.29) is 82.4 Å². The summed E-state index contributed by atoms with van der Waals surface area (Å²) in [5.74, 6) is 6.35. The van der Waals surface area contributed by atoms with E-state index >= 15 is 0 Å². The summed E-state index contributed by atoms with van der Waals surface area (Å²) in [7, 11) is -0.870. The minimum atomic E-state index is -2.10. The van der Waals surface area contributed by atoms with Gasteiger partial charge in [0.1, 0.15) is 11.9 Å². The van der Waals surface area contributed by atoms with Gasteiger partial charge in [0, 0.05) is 19.1 Å². The Balaban J connectivity index is -0.000000306. The van der Waals surface area contributed by atoms with Gasteiger partial charge in [-0.25, -0.2) is 6.20 Å². The molecule has 1 fully saturated rings. The predicted octanol–water partition coefficient (Wildman–Crippen LogP) is 1.95. The van der Waals surface area contributed by atoms with Crippen LogP contribution in [0.5, 0.6) is 5.75 Å². The smallest absolute Gasteiger partial charge is 0.557 e. The largest absolute Gasteiger partial charge is 1.00 e. The van der Waals surface area contributed by atoms with Crippen molar-refractivity contribution in [3.63, 3.8) is 0 Å². The molecule has 1 atom stereocenters. The van der Waals surface area contributed by atoms with Gasteiger partial charge in [0.15, 0.2) is 0 Å². The third-order valence-corrected chi connectivity index (χ3v) is 4.55. The van der Waals surface area contributed by atoms with Crippen molar-refractivity contribution in [3.8, 4) is 28.7 Å². The summed E-state index contributed by atoms with van der Waals surface area (Å²) in [5.41, 5.74) is 7.76. The van der Waals surface area contributed by atoms with Crippen molar-refractivity contribution in [2.75, 3.05) is 20.3 Å². The third-order valence-electron chi connectivity index (χ3n) is 3.92. The summed E-state index contributed by atoms with van der Waals surface area (Å²) in [6.07, 6.45) is 3.05. The van der Waals surface area contributed by atoms with Gasteiger partial charge in [0.05, 0.1) is 24.5 Å². The number of benzene rings is 2. The summed E-state index contributed by atoms with van der Waals surface area (Å²) in [4.78, 5) is 15.5. The number of hydrogen-bond acceptors (Lipinski definition) is 8. The second-order valence-electron chi connectivity index (χ2n) is 6.24. The number of aliphatic hydroxyl groups excluding tert-OH is 1. The molecule has 1 aliphatic rings. The fourth-order valence-corrected chi connectivity index (χ4v) is 2.77. The van der Waals surface area contributed by atoms with Gasteiger partial charge in [-0.2, -0.15) is 13.6 Å². The maximum absolute atomic E-state index is 7.76. The van der Waals surface area contributed by atoms with Gasteiger partial charge in [-0.1, -0.05) is 48.0 Å². The Kier molecular flexibility index (Phi) is 32.3. The maximum Gasteiger partial charge on any atom is 1.00 e. The molecule has 8 nitrogen and oxygen atoms in total. The standard InChI is InChI=1S/C19H16ClO2.C3H6N2.C2H4O.CH5O3P.CH3.Cs.Es/c1-2-3-14-4-6-15(7-5-14)18-9-8-16(12-19(18)20)22-17-10-11-21-13-17;1-2-5-3-4;1-2-3;1-4-5(2)3;;;/h4-9,12,17H,1,10-11,13H2;1-3,5H,4H2;2-3H,1H2;2-3H,1H3;1H3;;/q-1;-2;;;-1;+1;. The van der Waals surface area contributed by atoms with Crippen LogP contribution >= 0.6 is 20.2 Å². The van der Waals surface area contributed by atoms with Gasteiger partial charge in [-0.05, 0) is 23.8 Å². The molecule has 12 heteroatoms. The molecule has 1 heterocycles. The normalized spacial score (nSPS) is 12.2. The molecule has 1 unspecified atom stereocenters. The summed E-state index contributed by atoms with van der Waals surface area (Å²) >= 11 is 6.40. The molecule has 2 aromatic carbocycles. The third kappa shape index (κ3) is 20.3. The molecular weight excluding hydrogens is 888 g/mol. The summed E-state index contributed by atoms with van der Waals surface area (Å²) in [6.45, 7) is 13.9. The first-order valence-corrected chi connectivity index (χ1v) is 11.6. The monoisotopic (exact) mass is 921 g/mol. The second kappa shape index (κ2) is 28.3. The van der Waals surface area contributed by atoms with Crippen LogP contribution in [0.1, 0.15) is 12.0 Å². The fraction of sp³-hybridized carbons (Fsp3) is 0.192. The number of rotatable bonds is 6. The molecule has 0 saturated carbocycles. The minimum Gasteiger partial charge on any atom is -0.557 e. The van der Waals surface area contributed by atoms with Gasteiger partial charge in [-0.3, -0.25) is 11.8 Å². The van der Waals surface area contributed by atoms with Crippen molar-refractivity contribution in [2.24, 2.45) is 5.73 Å². The van der Waals surface area contributed by atoms with Crippen LogP contribution in [0.15, 0.2) is 61.5 Å². The minimum absolute atomic E-state index is 0. The average molecular weight is 922 g/mol. The van der Waals surface area contributed by atoms with E-state index in [1.165, 1.54) is 20.0 Å². The molecule has 0 aromatic heterocycles. The summed E-state index contributed by atoms with van der Waals surface area (Å²) in [6, 6.07) is 13.7. The van der Waals surface area contributed by atoms with Crippen LogP contribution < -0.4 is 84.7 Å². The number of nitrogens with two attached hydrogens (primary N) is 1. The molecule has 6 N–H and O–H groups in total. The molecule has 2 aromatic rings. The number of hydrogen-bond donors (Lipinski definition) is 5. The fourth-order valence-electron chi connectivity index (χ4n) is 2.49. The molecule has 1 aliphatic heterocycles. The molecule has 38 heavy (non-hydrogen) atoms. The molecule has 1 saturated heterocycles.